The van der Waals surface area contributed by atoms with Crippen LogP contribution in [0.25, 0.3) is 16.2 Å². The van der Waals surface area contributed by atoms with Gasteiger partial charge in [0.1, 0.15) is 23.0 Å². The molecule has 35 heavy (non-hydrogen) atoms. The average molecular weight is 500 g/mol. The van der Waals surface area contributed by atoms with Gasteiger partial charge >= 0.3 is 0 Å². The van der Waals surface area contributed by atoms with Crippen molar-refractivity contribution < 1.29 is 4.39 Å². The normalized spacial score (nSPS) is 11.3. The van der Waals surface area contributed by atoms with E-state index in [4.69, 9.17) is 16.6 Å². The maximum Gasteiger partial charge on any atom is 0.144 e. The summed E-state index contributed by atoms with van der Waals surface area (Å²) < 4.78 is 15.8. The van der Waals surface area contributed by atoms with Crippen LogP contribution in [0.15, 0.2) is 79.0 Å². The van der Waals surface area contributed by atoms with Crippen molar-refractivity contribution in [2.24, 2.45) is 0 Å². The quantitative estimate of drug-likeness (QED) is 0.253. The molecule has 3 nitrogen and oxygen atoms in total. The van der Waals surface area contributed by atoms with E-state index in [9.17, 15) is 4.39 Å². The van der Waals surface area contributed by atoms with Gasteiger partial charge in [-0.15, -0.1) is 11.3 Å². The molecule has 174 valence electrons. The van der Waals surface area contributed by atoms with Crippen molar-refractivity contribution in [2.75, 3.05) is 5.32 Å². The molecule has 0 aliphatic rings. The lowest BCUT2D eigenvalue weighted by Gasteiger charge is -2.19. The van der Waals surface area contributed by atoms with E-state index in [2.05, 4.69) is 50.1 Å². The number of halogens is 2. The molecule has 0 amide bonds. The first-order chi connectivity index (χ1) is 16.8. The minimum Gasteiger partial charge on any atom is -0.339 e. The number of fused-ring (bicyclic) bond motifs is 1. The Hall–Kier alpha value is -3.59. The lowest BCUT2D eigenvalue weighted by molar-refractivity contribution is 0.589. The van der Waals surface area contributed by atoms with E-state index in [0.717, 1.165) is 32.5 Å². The highest BCUT2D eigenvalue weighted by molar-refractivity contribution is 7.16. The minimum atomic E-state index is -0.453. The highest BCUT2D eigenvalue weighted by Crippen LogP contribution is 2.37. The molecule has 3 heterocycles. The Kier molecular flexibility index (Phi) is 6.10. The van der Waals surface area contributed by atoms with Crippen LogP contribution in [0.5, 0.6) is 0 Å². The number of nitrogens with zero attached hydrogens (tertiary/aromatic N) is 2. The maximum absolute atomic E-state index is 13.7. The highest BCUT2D eigenvalue weighted by atomic mass is 35.5. The lowest BCUT2D eigenvalue weighted by atomic mass is 9.88. The summed E-state index contributed by atoms with van der Waals surface area (Å²) in [5.74, 6) is 6.79. The molecule has 0 saturated heterocycles. The topological polar surface area (TPSA) is 29.3 Å². The summed E-state index contributed by atoms with van der Waals surface area (Å²) in [5, 5.41) is 3.47. The van der Waals surface area contributed by atoms with E-state index < -0.39 is 5.82 Å². The molecule has 0 saturated carbocycles. The van der Waals surface area contributed by atoms with Crippen molar-refractivity contribution in [3.05, 3.63) is 106 Å². The van der Waals surface area contributed by atoms with Crippen molar-refractivity contribution >= 4 is 40.1 Å². The highest BCUT2D eigenvalue weighted by Gasteiger charge is 2.20. The zero-order valence-corrected chi connectivity index (χ0v) is 21.1. The summed E-state index contributed by atoms with van der Waals surface area (Å²) in [7, 11) is 0. The Morgan fingerprint density at radius 3 is 2.51 bits per heavy atom. The van der Waals surface area contributed by atoms with Crippen molar-refractivity contribution in [3.8, 4) is 22.4 Å². The third-order valence-corrected chi connectivity index (χ3v) is 6.91. The second-order valence-electron chi connectivity index (χ2n) is 9.24. The molecule has 0 unspecified atom stereocenters. The third-order valence-electron chi connectivity index (χ3n) is 5.62. The van der Waals surface area contributed by atoms with Gasteiger partial charge in [0, 0.05) is 17.4 Å². The summed E-state index contributed by atoms with van der Waals surface area (Å²) >= 11 is 7.62. The summed E-state index contributed by atoms with van der Waals surface area (Å²) in [6.07, 6.45) is 2.02. The van der Waals surface area contributed by atoms with Gasteiger partial charge in [-0.3, -0.25) is 4.40 Å². The predicted molar refractivity (Wildman–Crippen MR) is 144 cm³/mol. The summed E-state index contributed by atoms with van der Waals surface area (Å²) in [4.78, 5) is 6.92. The van der Waals surface area contributed by atoms with Crippen LogP contribution in [0.3, 0.4) is 0 Å². The van der Waals surface area contributed by atoms with Gasteiger partial charge in [-0.2, -0.15) is 0 Å². The molecule has 0 atom stereocenters. The summed E-state index contributed by atoms with van der Waals surface area (Å²) in [6, 6.07) is 22.8. The molecule has 0 aliphatic heterocycles. The van der Waals surface area contributed by atoms with Crippen molar-refractivity contribution in [3.63, 3.8) is 0 Å². The number of anilines is 2. The van der Waals surface area contributed by atoms with E-state index in [1.165, 1.54) is 11.6 Å². The second kappa shape index (κ2) is 9.22. The number of nitrogens with one attached hydrogen (secondary N) is 1. The Bertz CT molecular complexity index is 1580. The molecule has 0 spiro atoms. The Labute approximate surface area is 213 Å². The molecule has 5 aromatic rings. The van der Waals surface area contributed by atoms with E-state index >= 15 is 0 Å². The Morgan fingerprint density at radius 2 is 1.77 bits per heavy atom. The largest absolute Gasteiger partial charge is 0.339 e. The number of thiophene rings is 1. The SMILES string of the molecule is CC(C)(C)c1ccn2c(Nc3ccc(F)c(Cl)c3)c(-c3ccc(C#Cc4ccccc4)s3)nc2c1. The zero-order valence-electron chi connectivity index (χ0n) is 19.6. The van der Waals surface area contributed by atoms with Gasteiger partial charge in [0.2, 0.25) is 0 Å². The van der Waals surface area contributed by atoms with Crippen LogP contribution in [0.1, 0.15) is 36.8 Å². The van der Waals surface area contributed by atoms with E-state index in [-0.39, 0.29) is 10.4 Å². The third kappa shape index (κ3) is 4.95. The lowest BCUT2D eigenvalue weighted by Crippen LogP contribution is -2.11. The van der Waals surface area contributed by atoms with Crippen LogP contribution in [-0.2, 0) is 5.41 Å². The predicted octanol–water partition coefficient (Wildman–Crippen LogP) is 8.30. The van der Waals surface area contributed by atoms with E-state index in [1.54, 1.807) is 23.5 Å². The van der Waals surface area contributed by atoms with E-state index in [1.807, 2.05) is 53.1 Å². The molecule has 0 aliphatic carbocycles. The maximum atomic E-state index is 13.7. The van der Waals surface area contributed by atoms with Crippen LogP contribution in [-0.4, -0.2) is 9.38 Å². The molecule has 6 heteroatoms. The van der Waals surface area contributed by atoms with Gasteiger partial charge in [0.15, 0.2) is 0 Å². The van der Waals surface area contributed by atoms with Crippen LogP contribution in [0.2, 0.25) is 5.02 Å². The van der Waals surface area contributed by atoms with Crippen LogP contribution in [0.4, 0.5) is 15.9 Å². The molecule has 0 radical (unpaired) electrons. The first-order valence-electron chi connectivity index (χ1n) is 11.2. The number of pyridine rings is 1. The molecule has 0 fully saturated rings. The van der Waals surface area contributed by atoms with Crippen LogP contribution >= 0.6 is 22.9 Å². The van der Waals surface area contributed by atoms with Gasteiger partial charge in [0.25, 0.3) is 0 Å². The molecular formula is C29H23ClFN3S. The Balaban J connectivity index is 1.59. The van der Waals surface area contributed by atoms with E-state index in [0.29, 0.717) is 5.69 Å². The van der Waals surface area contributed by atoms with Gasteiger partial charge in [-0.05, 0) is 65.6 Å². The number of hydrogen-bond donors (Lipinski definition) is 1. The van der Waals surface area contributed by atoms with Gasteiger partial charge < -0.3 is 5.32 Å². The van der Waals surface area contributed by atoms with Gasteiger partial charge in [-0.25, -0.2) is 9.37 Å². The molecular weight excluding hydrogens is 477 g/mol. The molecule has 2 aromatic carbocycles. The van der Waals surface area contributed by atoms with Crippen molar-refractivity contribution in [1.82, 2.24) is 9.38 Å². The number of hydrogen-bond acceptors (Lipinski definition) is 3. The van der Waals surface area contributed by atoms with Crippen LogP contribution < -0.4 is 5.32 Å². The standard InChI is InChI=1S/C29H23ClFN3S/c1-29(2,3)20-15-16-34-26(17-20)33-27(28(34)32-21-10-13-24(31)23(30)18-21)25-14-12-22(35-25)11-9-19-7-5-4-6-8-19/h4-8,10,12-18,32H,1-3H3. The second-order valence-corrected chi connectivity index (χ2v) is 10.7. The first-order valence-corrected chi connectivity index (χ1v) is 12.4. The molecule has 1 N–H and O–H groups in total. The monoisotopic (exact) mass is 499 g/mol. The van der Waals surface area contributed by atoms with Crippen LogP contribution in [0, 0.1) is 17.7 Å². The first kappa shape index (κ1) is 23.2. The molecule has 0 bridgehead atoms. The fourth-order valence-corrected chi connectivity index (χ4v) is 4.73. The number of benzene rings is 2. The van der Waals surface area contributed by atoms with Crippen molar-refractivity contribution in [1.29, 1.82) is 0 Å². The smallest absolute Gasteiger partial charge is 0.144 e. The fraction of sp³-hybridized carbons (Fsp3) is 0.138. The summed E-state index contributed by atoms with van der Waals surface area (Å²) in [6.45, 7) is 6.54. The van der Waals surface area contributed by atoms with Crippen molar-refractivity contribution in [2.45, 2.75) is 26.2 Å². The molecule has 3 aromatic heterocycles. The summed E-state index contributed by atoms with van der Waals surface area (Å²) in [5.41, 5.74) is 4.47. The average Bonchev–Trinajstić information content (AvgIpc) is 3.44. The minimum absolute atomic E-state index is 0.00489. The number of aromatic nitrogens is 2. The zero-order chi connectivity index (χ0) is 24.6. The van der Waals surface area contributed by atoms with Gasteiger partial charge in [0.05, 0.1) is 14.8 Å². The van der Waals surface area contributed by atoms with Gasteiger partial charge in [-0.1, -0.05) is 62.4 Å². The Morgan fingerprint density at radius 1 is 0.971 bits per heavy atom. The molecule has 5 rings (SSSR count). The number of rotatable bonds is 3. The fourth-order valence-electron chi connectivity index (χ4n) is 3.70. The number of imidazole rings is 1.